The second kappa shape index (κ2) is 5.63. The summed E-state index contributed by atoms with van der Waals surface area (Å²) in [5, 5.41) is 2.38. The normalized spacial score (nSPS) is 16.5. The molecule has 1 amide bonds. The van der Waals surface area contributed by atoms with Crippen molar-refractivity contribution < 1.29 is 18.7 Å². The summed E-state index contributed by atoms with van der Waals surface area (Å²) < 4.78 is 24.4. The summed E-state index contributed by atoms with van der Waals surface area (Å²) in [6.45, 7) is 1.30. The Hall–Kier alpha value is -1.62. The number of carbonyl (C=O) groups excluding carboxylic acids is 1. The second-order valence-electron chi connectivity index (χ2n) is 3.84. The number of benzene rings is 1. The molecule has 1 aromatic rings. The van der Waals surface area contributed by atoms with Crippen LogP contribution in [0.25, 0.3) is 0 Å². The van der Waals surface area contributed by atoms with Crippen LogP contribution >= 0.6 is 0 Å². The van der Waals surface area contributed by atoms with Gasteiger partial charge in [-0.1, -0.05) is 0 Å². The highest BCUT2D eigenvalue weighted by Gasteiger charge is 2.17. The molecule has 0 spiro atoms. The third-order valence-electron chi connectivity index (χ3n) is 2.62. The first-order valence-electron chi connectivity index (χ1n) is 5.54. The largest absolute Gasteiger partial charge is 0.487 e. The zero-order valence-electron chi connectivity index (χ0n) is 9.32. The topological polar surface area (TPSA) is 47.6 Å². The lowest BCUT2D eigenvalue weighted by Crippen LogP contribution is -2.26. The van der Waals surface area contributed by atoms with Gasteiger partial charge in [0.1, 0.15) is 6.10 Å². The summed E-state index contributed by atoms with van der Waals surface area (Å²) >= 11 is 0. The zero-order valence-corrected chi connectivity index (χ0v) is 9.32. The minimum Gasteiger partial charge on any atom is -0.487 e. The van der Waals surface area contributed by atoms with Crippen molar-refractivity contribution >= 4 is 12.1 Å². The smallest absolute Gasteiger partial charge is 0.211 e. The van der Waals surface area contributed by atoms with E-state index < -0.39 is 5.82 Å². The molecule has 1 aliphatic heterocycles. The molecule has 1 heterocycles. The number of halogens is 1. The minimum atomic E-state index is -0.469. The first-order valence-corrected chi connectivity index (χ1v) is 5.54. The van der Waals surface area contributed by atoms with E-state index >= 15 is 0 Å². The number of hydrogen-bond acceptors (Lipinski definition) is 3. The molecule has 1 aromatic carbocycles. The Morgan fingerprint density at radius 3 is 2.82 bits per heavy atom. The van der Waals surface area contributed by atoms with E-state index in [9.17, 15) is 9.18 Å². The van der Waals surface area contributed by atoms with Gasteiger partial charge in [0.05, 0.1) is 13.2 Å². The fourth-order valence-corrected chi connectivity index (χ4v) is 1.73. The summed E-state index contributed by atoms with van der Waals surface area (Å²) in [4.78, 5) is 10.2. The van der Waals surface area contributed by atoms with Crippen LogP contribution in [0.15, 0.2) is 18.2 Å². The van der Waals surface area contributed by atoms with E-state index in [1.807, 2.05) is 0 Å². The average molecular weight is 239 g/mol. The lowest BCUT2D eigenvalue weighted by Gasteiger charge is -2.23. The SMILES string of the molecule is O=CNc1ccc(OC2CCOCC2)c(F)c1. The first-order chi connectivity index (χ1) is 8.29. The van der Waals surface area contributed by atoms with E-state index in [2.05, 4.69) is 5.32 Å². The maximum Gasteiger partial charge on any atom is 0.211 e. The highest BCUT2D eigenvalue weighted by Crippen LogP contribution is 2.24. The molecule has 0 saturated carbocycles. The molecule has 1 saturated heterocycles. The molecule has 0 aromatic heterocycles. The van der Waals surface area contributed by atoms with Crippen LogP contribution in [0.3, 0.4) is 0 Å². The Bertz CT molecular complexity index is 391. The van der Waals surface area contributed by atoms with E-state index in [1.165, 1.54) is 12.1 Å². The van der Waals surface area contributed by atoms with Gasteiger partial charge in [-0.2, -0.15) is 0 Å². The molecule has 17 heavy (non-hydrogen) atoms. The van der Waals surface area contributed by atoms with Gasteiger partial charge in [0.2, 0.25) is 6.41 Å². The number of anilines is 1. The Labute approximate surface area is 98.7 Å². The average Bonchev–Trinajstić information content (AvgIpc) is 2.34. The van der Waals surface area contributed by atoms with Crippen LogP contribution in [0, 0.1) is 5.82 Å². The third kappa shape index (κ3) is 3.17. The van der Waals surface area contributed by atoms with Crippen molar-refractivity contribution in [2.75, 3.05) is 18.5 Å². The lowest BCUT2D eigenvalue weighted by molar-refractivity contribution is -0.105. The molecule has 4 nitrogen and oxygen atoms in total. The van der Waals surface area contributed by atoms with Crippen LogP contribution in [0.5, 0.6) is 5.75 Å². The number of amides is 1. The van der Waals surface area contributed by atoms with Gasteiger partial charge >= 0.3 is 0 Å². The van der Waals surface area contributed by atoms with Crippen molar-refractivity contribution in [1.82, 2.24) is 0 Å². The predicted octanol–water partition coefficient (Wildman–Crippen LogP) is 1.95. The molecule has 1 fully saturated rings. The molecule has 2 rings (SSSR count). The van der Waals surface area contributed by atoms with Crippen molar-refractivity contribution in [2.24, 2.45) is 0 Å². The van der Waals surface area contributed by atoms with Crippen LogP contribution in [0.4, 0.5) is 10.1 Å². The van der Waals surface area contributed by atoms with Crippen LogP contribution in [0.1, 0.15) is 12.8 Å². The lowest BCUT2D eigenvalue weighted by atomic mass is 10.1. The summed E-state index contributed by atoms with van der Waals surface area (Å²) in [6.07, 6.45) is 2.05. The van der Waals surface area contributed by atoms with Gasteiger partial charge in [-0.3, -0.25) is 4.79 Å². The quantitative estimate of drug-likeness (QED) is 0.817. The van der Waals surface area contributed by atoms with Crippen molar-refractivity contribution in [2.45, 2.75) is 18.9 Å². The minimum absolute atomic E-state index is 0.00290. The molecule has 1 N–H and O–H groups in total. The number of nitrogens with one attached hydrogen (secondary N) is 1. The summed E-state index contributed by atoms with van der Waals surface area (Å²) in [5.74, 6) is -0.253. The predicted molar refractivity (Wildman–Crippen MR) is 60.6 cm³/mol. The molecule has 0 unspecified atom stereocenters. The van der Waals surface area contributed by atoms with Crippen LogP contribution in [-0.4, -0.2) is 25.7 Å². The van der Waals surface area contributed by atoms with Crippen LogP contribution in [-0.2, 0) is 9.53 Å². The molecule has 0 bridgehead atoms. The van der Waals surface area contributed by atoms with Crippen molar-refractivity contribution in [3.63, 3.8) is 0 Å². The van der Waals surface area contributed by atoms with E-state index in [0.29, 0.717) is 25.3 Å². The molecule has 0 atom stereocenters. The molecule has 1 aliphatic rings. The van der Waals surface area contributed by atoms with E-state index in [4.69, 9.17) is 9.47 Å². The first kappa shape index (κ1) is 11.9. The number of hydrogen-bond donors (Lipinski definition) is 1. The van der Waals surface area contributed by atoms with Crippen molar-refractivity contribution in [3.8, 4) is 5.75 Å². The second-order valence-corrected chi connectivity index (χ2v) is 3.84. The van der Waals surface area contributed by atoms with Gasteiger partial charge < -0.3 is 14.8 Å². The summed E-state index contributed by atoms with van der Waals surface area (Å²) in [7, 11) is 0. The fraction of sp³-hybridized carbons (Fsp3) is 0.417. The standard InChI is InChI=1S/C12H14FNO3/c13-11-7-9(14-8-15)1-2-12(11)17-10-3-5-16-6-4-10/h1-2,7-8,10H,3-6H2,(H,14,15). The fourth-order valence-electron chi connectivity index (χ4n) is 1.73. The Balaban J connectivity index is 2.02. The number of rotatable bonds is 4. The molecule has 0 aliphatic carbocycles. The van der Waals surface area contributed by atoms with Crippen LogP contribution in [0.2, 0.25) is 0 Å². The summed E-state index contributed by atoms with van der Waals surface area (Å²) in [6, 6.07) is 4.37. The molecule has 92 valence electrons. The van der Waals surface area contributed by atoms with E-state index in [-0.39, 0.29) is 11.9 Å². The molecule has 5 heteroatoms. The van der Waals surface area contributed by atoms with Crippen molar-refractivity contribution in [3.05, 3.63) is 24.0 Å². The Morgan fingerprint density at radius 1 is 1.41 bits per heavy atom. The van der Waals surface area contributed by atoms with Gasteiger partial charge in [0.15, 0.2) is 11.6 Å². The van der Waals surface area contributed by atoms with E-state index in [1.54, 1.807) is 6.07 Å². The molecular formula is C12H14FNO3. The molecular weight excluding hydrogens is 225 g/mol. The Morgan fingerprint density at radius 2 is 2.18 bits per heavy atom. The summed E-state index contributed by atoms with van der Waals surface area (Å²) in [5.41, 5.74) is 0.414. The molecule has 0 radical (unpaired) electrons. The van der Waals surface area contributed by atoms with Gasteiger partial charge in [-0.25, -0.2) is 4.39 Å². The Kier molecular flexibility index (Phi) is 3.93. The zero-order chi connectivity index (χ0) is 12.1. The number of carbonyl (C=O) groups is 1. The highest BCUT2D eigenvalue weighted by molar-refractivity contribution is 5.71. The monoisotopic (exact) mass is 239 g/mol. The van der Waals surface area contributed by atoms with Crippen LogP contribution < -0.4 is 10.1 Å². The van der Waals surface area contributed by atoms with Crippen molar-refractivity contribution in [1.29, 1.82) is 0 Å². The van der Waals surface area contributed by atoms with Gasteiger partial charge in [-0.05, 0) is 12.1 Å². The van der Waals surface area contributed by atoms with Gasteiger partial charge in [-0.15, -0.1) is 0 Å². The van der Waals surface area contributed by atoms with Gasteiger partial charge in [0.25, 0.3) is 0 Å². The van der Waals surface area contributed by atoms with E-state index in [0.717, 1.165) is 12.8 Å². The third-order valence-corrected chi connectivity index (χ3v) is 2.62. The van der Waals surface area contributed by atoms with Gasteiger partial charge in [0, 0.05) is 24.6 Å². The maximum atomic E-state index is 13.6. The maximum absolute atomic E-state index is 13.6. The highest BCUT2D eigenvalue weighted by atomic mass is 19.1. The number of ether oxygens (including phenoxy) is 2.